The van der Waals surface area contributed by atoms with Crippen LogP contribution in [0.4, 0.5) is 4.79 Å². The van der Waals surface area contributed by atoms with Gasteiger partial charge in [-0.05, 0) is 23.6 Å². The maximum absolute atomic E-state index is 12.3. The lowest BCUT2D eigenvalue weighted by Crippen LogP contribution is -2.55. The molecule has 2 aliphatic heterocycles. The summed E-state index contributed by atoms with van der Waals surface area (Å²) in [5.41, 5.74) is 1.14. The number of aliphatic carboxylic acids is 1. The fourth-order valence-electron chi connectivity index (χ4n) is 3.14. The summed E-state index contributed by atoms with van der Waals surface area (Å²) in [6.45, 7) is 7.21. The van der Waals surface area contributed by atoms with E-state index in [-0.39, 0.29) is 18.7 Å². The molecule has 142 valence electrons. The van der Waals surface area contributed by atoms with Crippen LogP contribution in [0, 0.1) is 5.92 Å². The molecule has 1 unspecified atom stereocenters. The number of benzene rings is 1. The van der Waals surface area contributed by atoms with Gasteiger partial charge in [-0.25, -0.2) is 9.59 Å². The molecule has 2 N–H and O–H groups in total. The Morgan fingerprint density at radius 3 is 2.50 bits per heavy atom. The van der Waals surface area contributed by atoms with Crippen molar-refractivity contribution in [1.29, 1.82) is 0 Å². The highest BCUT2D eigenvalue weighted by atomic mass is 16.7. The minimum atomic E-state index is -1.00. The number of piperazine rings is 1. The summed E-state index contributed by atoms with van der Waals surface area (Å²) in [6, 6.07) is 4.75. The van der Waals surface area contributed by atoms with E-state index in [0.717, 1.165) is 36.7 Å². The zero-order valence-corrected chi connectivity index (χ0v) is 15.1. The first-order chi connectivity index (χ1) is 12.4. The molecule has 0 saturated carbocycles. The van der Waals surface area contributed by atoms with Gasteiger partial charge in [-0.2, -0.15) is 0 Å². The Kier molecular flexibility index (Phi) is 5.51. The summed E-state index contributed by atoms with van der Waals surface area (Å²) >= 11 is 0. The molecule has 1 saturated heterocycles. The van der Waals surface area contributed by atoms with Crippen molar-refractivity contribution >= 4 is 12.0 Å². The van der Waals surface area contributed by atoms with Gasteiger partial charge in [0.2, 0.25) is 6.79 Å². The number of nitrogens with one attached hydrogen (secondary N) is 1. The second-order valence-electron chi connectivity index (χ2n) is 6.96. The normalized spacial score (nSPS) is 18.0. The molecule has 1 aromatic rings. The van der Waals surface area contributed by atoms with Gasteiger partial charge >= 0.3 is 12.0 Å². The van der Waals surface area contributed by atoms with E-state index in [2.05, 4.69) is 10.2 Å². The number of carbonyl (C=O) groups is 2. The number of ether oxygens (including phenoxy) is 2. The van der Waals surface area contributed by atoms with Gasteiger partial charge in [-0.3, -0.25) is 4.90 Å². The van der Waals surface area contributed by atoms with Crippen LogP contribution in [0.15, 0.2) is 18.2 Å². The predicted octanol–water partition coefficient (Wildman–Crippen LogP) is 1.35. The third kappa shape index (κ3) is 4.19. The van der Waals surface area contributed by atoms with E-state index in [9.17, 15) is 14.7 Å². The van der Waals surface area contributed by atoms with Crippen LogP contribution < -0.4 is 14.8 Å². The Balaban J connectivity index is 1.49. The first kappa shape index (κ1) is 18.3. The quantitative estimate of drug-likeness (QED) is 0.821. The van der Waals surface area contributed by atoms with Crippen molar-refractivity contribution in [1.82, 2.24) is 15.1 Å². The molecule has 26 heavy (non-hydrogen) atoms. The Morgan fingerprint density at radius 2 is 1.85 bits per heavy atom. The number of hydrogen-bond donors (Lipinski definition) is 2. The Bertz CT molecular complexity index is 671. The van der Waals surface area contributed by atoms with Crippen LogP contribution in [-0.4, -0.2) is 65.9 Å². The van der Waals surface area contributed by atoms with Crippen molar-refractivity contribution in [3.05, 3.63) is 23.8 Å². The highest BCUT2D eigenvalue weighted by molar-refractivity contribution is 5.82. The summed E-state index contributed by atoms with van der Waals surface area (Å²) in [4.78, 5) is 27.5. The molecule has 2 aliphatic rings. The van der Waals surface area contributed by atoms with E-state index >= 15 is 0 Å². The minimum absolute atomic E-state index is 0.163. The molecule has 8 nitrogen and oxygen atoms in total. The third-order valence-corrected chi connectivity index (χ3v) is 4.71. The Hall–Kier alpha value is -2.48. The van der Waals surface area contributed by atoms with Gasteiger partial charge in [0.15, 0.2) is 11.5 Å². The van der Waals surface area contributed by atoms with Crippen LogP contribution in [0.1, 0.15) is 19.4 Å². The van der Waals surface area contributed by atoms with Crippen molar-refractivity contribution in [3.8, 4) is 11.5 Å². The first-order valence-electron chi connectivity index (χ1n) is 8.83. The molecule has 2 heterocycles. The van der Waals surface area contributed by atoms with Gasteiger partial charge < -0.3 is 24.8 Å². The highest BCUT2D eigenvalue weighted by Gasteiger charge is 2.28. The summed E-state index contributed by atoms with van der Waals surface area (Å²) in [5.74, 6) is 0.376. The van der Waals surface area contributed by atoms with Crippen LogP contribution in [0.5, 0.6) is 11.5 Å². The van der Waals surface area contributed by atoms with E-state index < -0.39 is 12.0 Å². The monoisotopic (exact) mass is 363 g/mol. The van der Waals surface area contributed by atoms with Crippen LogP contribution >= 0.6 is 0 Å². The second kappa shape index (κ2) is 7.82. The number of rotatable bonds is 5. The molecule has 8 heteroatoms. The Morgan fingerprint density at radius 1 is 1.15 bits per heavy atom. The second-order valence-corrected chi connectivity index (χ2v) is 6.96. The SMILES string of the molecule is CC(C)C(NC(=O)N1CCN(Cc2ccc3c(c2)OCO3)CC1)C(=O)O. The van der Waals surface area contributed by atoms with Crippen molar-refractivity contribution in [2.24, 2.45) is 5.92 Å². The first-order valence-corrected chi connectivity index (χ1v) is 8.83. The van der Waals surface area contributed by atoms with Gasteiger partial charge in [0, 0.05) is 32.7 Å². The van der Waals surface area contributed by atoms with Crippen molar-refractivity contribution in [2.75, 3.05) is 33.0 Å². The van der Waals surface area contributed by atoms with Gasteiger partial charge in [-0.15, -0.1) is 0 Å². The molecule has 0 aliphatic carbocycles. The topological polar surface area (TPSA) is 91.3 Å². The van der Waals surface area contributed by atoms with Crippen molar-refractivity contribution in [3.63, 3.8) is 0 Å². The fourth-order valence-corrected chi connectivity index (χ4v) is 3.14. The summed E-state index contributed by atoms with van der Waals surface area (Å²) in [7, 11) is 0. The minimum Gasteiger partial charge on any atom is -0.480 e. The van der Waals surface area contributed by atoms with Gasteiger partial charge in [0.05, 0.1) is 0 Å². The van der Waals surface area contributed by atoms with Gasteiger partial charge in [0.1, 0.15) is 6.04 Å². The molecule has 1 aromatic carbocycles. The zero-order chi connectivity index (χ0) is 18.7. The van der Waals surface area contributed by atoms with E-state index in [0.29, 0.717) is 13.1 Å². The number of carboxylic acids is 1. The van der Waals surface area contributed by atoms with E-state index in [1.807, 2.05) is 18.2 Å². The van der Waals surface area contributed by atoms with E-state index in [4.69, 9.17) is 9.47 Å². The molecular formula is C18H25N3O5. The predicted molar refractivity (Wildman–Crippen MR) is 94.2 cm³/mol. The maximum atomic E-state index is 12.3. The van der Waals surface area contributed by atoms with Gasteiger partial charge in [-0.1, -0.05) is 19.9 Å². The summed E-state index contributed by atoms with van der Waals surface area (Å²) in [5, 5.41) is 11.8. The third-order valence-electron chi connectivity index (χ3n) is 4.71. The molecule has 1 fully saturated rings. The van der Waals surface area contributed by atoms with Crippen LogP contribution in [-0.2, 0) is 11.3 Å². The van der Waals surface area contributed by atoms with Crippen molar-refractivity contribution < 1.29 is 24.2 Å². The standard InChI is InChI=1S/C18H25N3O5/c1-12(2)16(17(22)23)19-18(24)21-7-5-20(6-8-21)10-13-3-4-14-15(9-13)26-11-25-14/h3-4,9,12,16H,5-8,10-11H2,1-2H3,(H,19,24)(H,22,23). The lowest BCUT2D eigenvalue weighted by Gasteiger charge is -2.35. The number of carbonyl (C=O) groups excluding carboxylic acids is 1. The number of nitrogens with zero attached hydrogens (tertiary/aromatic N) is 2. The smallest absolute Gasteiger partial charge is 0.326 e. The molecule has 0 spiro atoms. The number of carboxylic acid groups (broad SMARTS) is 1. The zero-order valence-electron chi connectivity index (χ0n) is 15.1. The molecule has 0 aromatic heterocycles. The molecule has 0 bridgehead atoms. The molecule has 1 atom stereocenters. The van der Waals surface area contributed by atoms with Crippen LogP contribution in [0.3, 0.4) is 0 Å². The van der Waals surface area contributed by atoms with Crippen molar-refractivity contribution in [2.45, 2.75) is 26.4 Å². The molecule has 3 rings (SSSR count). The van der Waals surface area contributed by atoms with Crippen LogP contribution in [0.2, 0.25) is 0 Å². The highest BCUT2D eigenvalue weighted by Crippen LogP contribution is 2.32. The largest absolute Gasteiger partial charge is 0.480 e. The average molecular weight is 363 g/mol. The number of urea groups is 1. The number of hydrogen-bond acceptors (Lipinski definition) is 5. The van der Waals surface area contributed by atoms with E-state index in [1.54, 1.807) is 18.7 Å². The number of fused-ring (bicyclic) bond motifs is 1. The Labute approximate surface area is 152 Å². The summed E-state index contributed by atoms with van der Waals surface area (Å²) < 4.78 is 10.7. The van der Waals surface area contributed by atoms with E-state index in [1.165, 1.54) is 0 Å². The van der Waals surface area contributed by atoms with Crippen LogP contribution in [0.25, 0.3) is 0 Å². The molecule has 0 radical (unpaired) electrons. The maximum Gasteiger partial charge on any atom is 0.326 e. The number of amides is 2. The lowest BCUT2D eigenvalue weighted by atomic mass is 10.1. The molecule has 2 amide bonds. The fraction of sp³-hybridized carbons (Fsp3) is 0.556. The molecular weight excluding hydrogens is 338 g/mol. The lowest BCUT2D eigenvalue weighted by molar-refractivity contribution is -0.140. The van der Waals surface area contributed by atoms with Gasteiger partial charge in [0.25, 0.3) is 0 Å². The summed E-state index contributed by atoms with van der Waals surface area (Å²) in [6.07, 6.45) is 0. The average Bonchev–Trinajstić information content (AvgIpc) is 3.07.